The van der Waals surface area contributed by atoms with Crippen LogP contribution in [-0.2, 0) is 11.2 Å². The van der Waals surface area contributed by atoms with Crippen LogP contribution in [0.15, 0.2) is 24.3 Å². The van der Waals surface area contributed by atoms with Gasteiger partial charge in [0.25, 0.3) is 0 Å². The molecular weight excluding hydrogens is 384 g/mol. The lowest BCUT2D eigenvalue weighted by molar-refractivity contribution is -0.125. The number of carbonyl (C=O) groups excluding carboxylic acids is 1. The second-order valence-corrected chi connectivity index (χ2v) is 10.3. The molecule has 0 aliphatic rings. The van der Waals surface area contributed by atoms with Crippen molar-refractivity contribution in [2.45, 2.75) is 98.4 Å². The Bertz CT molecular complexity index is 590. The summed E-state index contributed by atoms with van der Waals surface area (Å²) in [6, 6.07) is 8.28. The normalized spacial score (nSPS) is 12.7. The van der Waals surface area contributed by atoms with Crippen molar-refractivity contribution in [1.29, 1.82) is 0 Å². The Morgan fingerprint density at radius 3 is 2.26 bits per heavy atom. The molecule has 0 fully saturated rings. The first-order chi connectivity index (χ1) is 14.7. The van der Waals surface area contributed by atoms with E-state index in [0.29, 0.717) is 12.5 Å². The largest absolute Gasteiger partial charge is 0.494 e. The topological polar surface area (TPSA) is 50.4 Å². The first-order valence-electron chi connectivity index (χ1n) is 12.5. The molecule has 4 nitrogen and oxygen atoms in total. The van der Waals surface area contributed by atoms with Crippen LogP contribution < -0.4 is 15.4 Å². The molecule has 0 aromatic heterocycles. The van der Waals surface area contributed by atoms with Gasteiger partial charge in [0.1, 0.15) is 5.75 Å². The SMILES string of the molecule is CCCCCCCNC(=O)[C@H](Cc1ccc(OCCCNC(C)(C)C)cc1)CC(C)C. The maximum atomic E-state index is 12.8. The number of hydrogen-bond donors (Lipinski definition) is 2. The van der Waals surface area contributed by atoms with Gasteiger partial charge in [0.15, 0.2) is 0 Å². The van der Waals surface area contributed by atoms with Crippen LogP contribution >= 0.6 is 0 Å². The molecule has 0 bridgehead atoms. The number of amides is 1. The van der Waals surface area contributed by atoms with Gasteiger partial charge < -0.3 is 15.4 Å². The summed E-state index contributed by atoms with van der Waals surface area (Å²) in [5.74, 6) is 1.64. The zero-order chi connectivity index (χ0) is 23.1. The molecule has 0 radical (unpaired) electrons. The lowest BCUT2D eigenvalue weighted by atomic mass is 9.90. The van der Waals surface area contributed by atoms with Crippen molar-refractivity contribution in [3.8, 4) is 5.75 Å². The zero-order valence-corrected chi connectivity index (χ0v) is 21.1. The standard InChI is InChI=1S/C27H48N2O2/c1-7-8-9-10-11-17-28-26(30)24(20-22(2)3)21-23-13-15-25(16-14-23)31-19-12-18-29-27(4,5)6/h13-16,22,24,29H,7-12,17-21H2,1-6H3,(H,28,30)/t24-/m0/s1. The number of benzene rings is 1. The van der Waals surface area contributed by atoms with Gasteiger partial charge in [0, 0.05) is 18.0 Å². The number of unbranched alkanes of at least 4 members (excludes halogenated alkanes) is 4. The van der Waals surface area contributed by atoms with E-state index in [4.69, 9.17) is 4.74 Å². The summed E-state index contributed by atoms with van der Waals surface area (Å²) in [5.41, 5.74) is 1.35. The van der Waals surface area contributed by atoms with Crippen LogP contribution in [0.25, 0.3) is 0 Å². The van der Waals surface area contributed by atoms with Crippen LogP contribution in [0, 0.1) is 11.8 Å². The van der Waals surface area contributed by atoms with Gasteiger partial charge in [0.2, 0.25) is 5.91 Å². The third kappa shape index (κ3) is 14.2. The predicted molar refractivity (Wildman–Crippen MR) is 133 cm³/mol. The van der Waals surface area contributed by atoms with Crippen LogP contribution in [0.3, 0.4) is 0 Å². The third-order valence-corrected chi connectivity index (χ3v) is 5.36. The van der Waals surface area contributed by atoms with E-state index in [0.717, 1.165) is 44.5 Å². The van der Waals surface area contributed by atoms with E-state index in [1.807, 2.05) is 12.1 Å². The summed E-state index contributed by atoms with van der Waals surface area (Å²) >= 11 is 0. The lowest BCUT2D eigenvalue weighted by Crippen LogP contribution is -2.36. The summed E-state index contributed by atoms with van der Waals surface area (Å²) in [4.78, 5) is 12.8. The molecule has 0 heterocycles. The number of rotatable bonds is 16. The zero-order valence-electron chi connectivity index (χ0n) is 21.1. The van der Waals surface area contributed by atoms with Crippen LogP contribution in [0.5, 0.6) is 5.75 Å². The van der Waals surface area contributed by atoms with Crippen molar-refractivity contribution in [2.75, 3.05) is 19.7 Å². The molecule has 0 aliphatic carbocycles. The van der Waals surface area contributed by atoms with E-state index in [1.165, 1.54) is 31.2 Å². The maximum Gasteiger partial charge on any atom is 0.223 e. The summed E-state index contributed by atoms with van der Waals surface area (Å²) < 4.78 is 5.87. The predicted octanol–water partition coefficient (Wildman–Crippen LogP) is 6.14. The number of nitrogens with one attached hydrogen (secondary N) is 2. The molecule has 2 N–H and O–H groups in total. The Labute approximate surface area is 191 Å². The highest BCUT2D eigenvalue weighted by Crippen LogP contribution is 2.20. The Balaban J connectivity index is 2.44. The summed E-state index contributed by atoms with van der Waals surface area (Å²) in [6.07, 6.45) is 8.78. The van der Waals surface area contributed by atoms with Gasteiger partial charge in [-0.15, -0.1) is 0 Å². The summed E-state index contributed by atoms with van der Waals surface area (Å²) in [7, 11) is 0. The van der Waals surface area contributed by atoms with E-state index in [2.05, 4.69) is 64.3 Å². The van der Waals surface area contributed by atoms with E-state index in [-0.39, 0.29) is 17.4 Å². The fraction of sp³-hybridized carbons (Fsp3) is 0.741. The van der Waals surface area contributed by atoms with Crippen molar-refractivity contribution >= 4 is 5.91 Å². The fourth-order valence-corrected chi connectivity index (χ4v) is 3.67. The molecule has 31 heavy (non-hydrogen) atoms. The van der Waals surface area contributed by atoms with E-state index >= 15 is 0 Å². The van der Waals surface area contributed by atoms with Crippen molar-refractivity contribution in [3.63, 3.8) is 0 Å². The average molecular weight is 433 g/mol. The van der Waals surface area contributed by atoms with Gasteiger partial charge in [-0.3, -0.25) is 4.79 Å². The molecule has 1 aromatic carbocycles. The van der Waals surface area contributed by atoms with Crippen molar-refractivity contribution < 1.29 is 9.53 Å². The molecular formula is C27H48N2O2. The second kappa shape index (κ2) is 15.3. The molecule has 1 atom stereocenters. The molecule has 0 aliphatic heterocycles. The Hall–Kier alpha value is -1.55. The van der Waals surface area contributed by atoms with Crippen LogP contribution in [0.2, 0.25) is 0 Å². The average Bonchev–Trinajstić information content (AvgIpc) is 2.69. The minimum atomic E-state index is 0.0332. The first kappa shape index (κ1) is 27.5. The van der Waals surface area contributed by atoms with Gasteiger partial charge in [-0.05, 0) is 76.6 Å². The first-order valence-corrected chi connectivity index (χ1v) is 12.5. The lowest BCUT2D eigenvalue weighted by Gasteiger charge is -2.20. The van der Waals surface area contributed by atoms with E-state index < -0.39 is 0 Å². The Morgan fingerprint density at radius 2 is 1.65 bits per heavy atom. The fourth-order valence-electron chi connectivity index (χ4n) is 3.67. The smallest absolute Gasteiger partial charge is 0.223 e. The number of ether oxygens (including phenoxy) is 1. The highest BCUT2D eigenvalue weighted by atomic mass is 16.5. The maximum absolute atomic E-state index is 12.8. The van der Waals surface area contributed by atoms with Gasteiger partial charge >= 0.3 is 0 Å². The molecule has 0 saturated carbocycles. The number of hydrogen-bond acceptors (Lipinski definition) is 3. The molecule has 1 rings (SSSR count). The van der Waals surface area contributed by atoms with Crippen molar-refractivity contribution in [2.24, 2.45) is 11.8 Å². The highest BCUT2D eigenvalue weighted by molar-refractivity contribution is 5.78. The van der Waals surface area contributed by atoms with Crippen molar-refractivity contribution in [3.05, 3.63) is 29.8 Å². The Morgan fingerprint density at radius 1 is 0.968 bits per heavy atom. The minimum absolute atomic E-state index is 0.0332. The van der Waals surface area contributed by atoms with Gasteiger partial charge in [-0.25, -0.2) is 0 Å². The van der Waals surface area contributed by atoms with Gasteiger partial charge in [0.05, 0.1) is 6.61 Å². The molecule has 0 unspecified atom stereocenters. The summed E-state index contributed by atoms with van der Waals surface area (Å²) in [6.45, 7) is 15.6. The van der Waals surface area contributed by atoms with E-state index in [9.17, 15) is 4.79 Å². The monoisotopic (exact) mass is 432 g/mol. The van der Waals surface area contributed by atoms with Gasteiger partial charge in [-0.2, -0.15) is 0 Å². The number of carbonyl (C=O) groups is 1. The van der Waals surface area contributed by atoms with E-state index in [1.54, 1.807) is 0 Å². The molecule has 178 valence electrons. The van der Waals surface area contributed by atoms with Crippen LogP contribution in [0.4, 0.5) is 0 Å². The molecule has 1 aromatic rings. The minimum Gasteiger partial charge on any atom is -0.494 e. The highest BCUT2D eigenvalue weighted by Gasteiger charge is 2.20. The van der Waals surface area contributed by atoms with Crippen molar-refractivity contribution in [1.82, 2.24) is 10.6 Å². The van der Waals surface area contributed by atoms with Gasteiger partial charge in [-0.1, -0.05) is 58.6 Å². The molecule has 1 amide bonds. The quantitative estimate of drug-likeness (QED) is 0.309. The second-order valence-electron chi connectivity index (χ2n) is 10.3. The molecule has 0 saturated heterocycles. The Kier molecular flexibility index (Phi) is 13.6. The third-order valence-electron chi connectivity index (χ3n) is 5.36. The molecule has 4 heteroatoms. The molecule has 0 spiro atoms. The van der Waals surface area contributed by atoms with Crippen LogP contribution in [0.1, 0.15) is 92.1 Å². The van der Waals surface area contributed by atoms with Crippen LogP contribution in [-0.4, -0.2) is 31.1 Å². The summed E-state index contributed by atoms with van der Waals surface area (Å²) in [5, 5.41) is 6.65.